The summed E-state index contributed by atoms with van der Waals surface area (Å²) < 4.78 is 25.0. The third-order valence-corrected chi connectivity index (χ3v) is 1.35. The Morgan fingerprint density at radius 2 is 1.82 bits per heavy atom. The summed E-state index contributed by atoms with van der Waals surface area (Å²) in [5, 5.41) is 8.73. The second kappa shape index (κ2) is 3.48. The molecule has 1 unspecified atom stereocenters. The summed E-state index contributed by atoms with van der Waals surface area (Å²) >= 11 is 0. The second-order valence-electron chi connectivity index (χ2n) is 2.28. The monoisotopic (exact) mass is 161 g/mol. The molecule has 0 aliphatic heterocycles. The fourth-order valence-corrected chi connectivity index (χ4v) is 0.788. The highest BCUT2D eigenvalue weighted by molar-refractivity contribution is 4.90. The molecule has 0 saturated heterocycles. The van der Waals surface area contributed by atoms with Crippen molar-refractivity contribution >= 4 is 0 Å². The van der Waals surface area contributed by atoms with Crippen molar-refractivity contribution in [1.29, 1.82) is 0 Å². The average Bonchev–Trinajstić information content (AvgIpc) is 2.39. The van der Waals surface area contributed by atoms with Crippen LogP contribution in [-0.2, 0) is 6.54 Å². The number of alkyl halides is 2. The zero-order valence-electron chi connectivity index (χ0n) is 5.82. The van der Waals surface area contributed by atoms with Gasteiger partial charge in [-0.3, -0.25) is 0 Å². The molecule has 0 bridgehead atoms. The lowest BCUT2D eigenvalue weighted by Crippen LogP contribution is -2.23. The topological polar surface area (TPSA) is 25.2 Å². The van der Waals surface area contributed by atoms with Crippen LogP contribution >= 0.6 is 0 Å². The van der Waals surface area contributed by atoms with Crippen LogP contribution in [0.2, 0.25) is 0 Å². The molecule has 1 aromatic rings. The van der Waals surface area contributed by atoms with E-state index in [1.54, 1.807) is 24.5 Å². The summed E-state index contributed by atoms with van der Waals surface area (Å²) in [5.74, 6) is 0. The van der Waals surface area contributed by atoms with Crippen LogP contribution in [0.15, 0.2) is 24.5 Å². The van der Waals surface area contributed by atoms with Gasteiger partial charge in [-0.1, -0.05) is 0 Å². The van der Waals surface area contributed by atoms with Crippen molar-refractivity contribution in [3.63, 3.8) is 0 Å². The van der Waals surface area contributed by atoms with Crippen LogP contribution in [0.1, 0.15) is 0 Å². The molecule has 11 heavy (non-hydrogen) atoms. The average molecular weight is 161 g/mol. The van der Waals surface area contributed by atoms with Gasteiger partial charge in [0.15, 0.2) is 0 Å². The molecule has 0 amide bonds. The normalized spacial score (nSPS) is 13.8. The molecule has 1 rings (SSSR count). The highest BCUT2D eigenvalue weighted by Gasteiger charge is 2.16. The maximum absolute atomic E-state index is 11.8. The van der Waals surface area contributed by atoms with E-state index in [1.807, 2.05) is 0 Å². The molecule has 1 aromatic heterocycles. The lowest BCUT2D eigenvalue weighted by atomic mass is 10.4. The summed E-state index contributed by atoms with van der Waals surface area (Å²) in [6, 6.07) is 3.44. The van der Waals surface area contributed by atoms with Crippen molar-refractivity contribution in [2.24, 2.45) is 0 Å². The largest absolute Gasteiger partial charge is 0.385 e. The minimum absolute atomic E-state index is 0.0509. The summed E-state index contributed by atoms with van der Waals surface area (Å²) in [7, 11) is 0. The molecule has 0 aliphatic carbocycles. The Kier molecular flexibility index (Phi) is 2.59. The first-order valence-corrected chi connectivity index (χ1v) is 3.27. The molecule has 1 heterocycles. The van der Waals surface area contributed by atoms with E-state index in [0.29, 0.717) is 0 Å². The maximum Gasteiger partial charge on any atom is 0.265 e. The fraction of sp³-hybridized carbons (Fsp3) is 0.429. The molecule has 0 radical (unpaired) electrons. The van der Waals surface area contributed by atoms with Crippen molar-refractivity contribution in [1.82, 2.24) is 4.57 Å². The van der Waals surface area contributed by atoms with E-state index in [2.05, 4.69) is 0 Å². The Morgan fingerprint density at radius 1 is 1.27 bits per heavy atom. The molecule has 0 aromatic carbocycles. The number of aliphatic hydroxyl groups excluding tert-OH is 1. The van der Waals surface area contributed by atoms with Crippen molar-refractivity contribution in [3.8, 4) is 0 Å². The standard InChI is InChI=1S/C7H9F2NO/c8-7(9)6(11)5-10-3-1-2-4-10/h1-4,6-7,11H,5H2. The molecule has 2 nitrogen and oxygen atoms in total. The van der Waals surface area contributed by atoms with Gasteiger partial charge in [0.2, 0.25) is 0 Å². The Morgan fingerprint density at radius 3 is 2.27 bits per heavy atom. The number of rotatable bonds is 3. The van der Waals surface area contributed by atoms with Gasteiger partial charge in [0, 0.05) is 12.4 Å². The summed E-state index contributed by atoms with van der Waals surface area (Å²) in [6.45, 7) is -0.0509. The third kappa shape index (κ3) is 2.31. The van der Waals surface area contributed by atoms with Crippen LogP contribution in [0.25, 0.3) is 0 Å². The Hall–Kier alpha value is -0.900. The van der Waals surface area contributed by atoms with Gasteiger partial charge in [-0.2, -0.15) is 0 Å². The van der Waals surface area contributed by atoms with Crippen LogP contribution in [0, 0.1) is 0 Å². The van der Waals surface area contributed by atoms with E-state index in [-0.39, 0.29) is 6.54 Å². The molecule has 0 spiro atoms. The molecule has 4 heteroatoms. The number of halogens is 2. The van der Waals surface area contributed by atoms with Crippen molar-refractivity contribution in [2.75, 3.05) is 0 Å². The summed E-state index contributed by atoms with van der Waals surface area (Å²) in [6.07, 6.45) is -0.975. The van der Waals surface area contributed by atoms with Crippen LogP contribution in [0.4, 0.5) is 8.78 Å². The van der Waals surface area contributed by atoms with E-state index in [1.165, 1.54) is 4.57 Å². The second-order valence-corrected chi connectivity index (χ2v) is 2.28. The van der Waals surface area contributed by atoms with Gasteiger partial charge in [-0.25, -0.2) is 8.78 Å². The lowest BCUT2D eigenvalue weighted by Gasteiger charge is -2.09. The summed E-state index contributed by atoms with van der Waals surface area (Å²) in [4.78, 5) is 0. The van der Waals surface area contributed by atoms with Gasteiger partial charge in [-0.05, 0) is 12.1 Å². The minimum atomic E-state index is -2.67. The predicted molar refractivity (Wildman–Crippen MR) is 36.4 cm³/mol. The van der Waals surface area contributed by atoms with Gasteiger partial charge in [0.25, 0.3) is 6.43 Å². The smallest absolute Gasteiger partial charge is 0.265 e. The van der Waals surface area contributed by atoms with Crippen molar-refractivity contribution < 1.29 is 13.9 Å². The van der Waals surface area contributed by atoms with Gasteiger partial charge in [-0.15, -0.1) is 0 Å². The quantitative estimate of drug-likeness (QED) is 0.705. The number of nitrogens with zero attached hydrogens (tertiary/aromatic N) is 1. The first kappa shape index (κ1) is 8.20. The lowest BCUT2D eigenvalue weighted by molar-refractivity contribution is -0.0135. The minimum Gasteiger partial charge on any atom is -0.385 e. The Balaban J connectivity index is 2.43. The number of hydrogen-bond donors (Lipinski definition) is 1. The highest BCUT2D eigenvalue weighted by atomic mass is 19.3. The molecule has 1 N–H and O–H groups in total. The Bertz CT molecular complexity index is 198. The van der Waals surface area contributed by atoms with Crippen LogP contribution in [-0.4, -0.2) is 22.2 Å². The van der Waals surface area contributed by atoms with Crippen LogP contribution < -0.4 is 0 Å². The molecule has 0 fully saturated rings. The SMILES string of the molecule is OC(Cn1cccc1)C(F)F. The third-order valence-electron chi connectivity index (χ3n) is 1.35. The predicted octanol–water partition coefficient (Wildman–Crippen LogP) is 1.11. The van der Waals surface area contributed by atoms with E-state index >= 15 is 0 Å². The van der Waals surface area contributed by atoms with E-state index in [0.717, 1.165) is 0 Å². The molecule has 1 atom stereocenters. The zero-order chi connectivity index (χ0) is 8.27. The number of hydrogen-bond acceptors (Lipinski definition) is 1. The molecule has 0 saturated carbocycles. The molecular weight excluding hydrogens is 152 g/mol. The first-order chi connectivity index (χ1) is 5.20. The van der Waals surface area contributed by atoms with Gasteiger partial charge < -0.3 is 9.67 Å². The van der Waals surface area contributed by atoms with Crippen LogP contribution in [0.5, 0.6) is 0 Å². The van der Waals surface area contributed by atoms with Crippen molar-refractivity contribution in [2.45, 2.75) is 19.1 Å². The van der Waals surface area contributed by atoms with Gasteiger partial charge in [0.1, 0.15) is 6.10 Å². The van der Waals surface area contributed by atoms with E-state index in [9.17, 15) is 8.78 Å². The Labute approximate surface area is 63.1 Å². The highest BCUT2D eigenvalue weighted by Crippen LogP contribution is 2.03. The molecular formula is C7H9F2NO. The number of aliphatic hydroxyl groups is 1. The number of aromatic nitrogens is 1. The van der Waals surface area contributed by atoms with E-state index in [4.69, 9.17) is 5.11 Å². The summed E-state index contributed by atoms with van der Waals surface area (Å²) in [5.41, 5.74) is 0. The van der Waals surface area contributed by atoms with Crippen molar-refractivity contribution in [3.05, 3.63) is 24.5 Å². The van der Waals surface area contributed by atoms with Crippen LogP contribution in [0.3, 0.4) is 0 Å². The van der Waals surface area contributed by atoms with Gasteiger partial charge in [0.05, 0.1) is 6.54 Å². The maximum atomic E-state index is 11.8. The molecule has 0 aliphatic rings. The zero-order valence-corrected chi connectivity index (χ0v) is 5.82. The first-order valence-electron chi connectivity index (χ1n) is 3.27. The fourth-order valence-electron chi connectivity index (χ4n) is 0.788. The van der Waals surface area contributed by atoms with E-state index < -0.39 is 12.5 Å². The molecule has 62 valence electrons. The van der Waals surface area contributed by atoms with Gasteiger partial charge >= 0.3 is 0 Å².